The van der Waals surface area contributed by atoms with Gasteiger partial charge in [-0.1, -0.05) is 13.8 Å². The fourth-order valence-electron chi connectivity index (χ4n) is 1.35. The average Bonchev–Trinajstić information content (AvgIpc) is 2.55. The molecule has 0 aliphatic heterocycles. The molecule has 13 heavy (non-hydrogen) atoms. The summed E-state index contributed by atoms with van der Waals surface area (Å²) in [6.07, 6.45) is 4.94. The number of carbonyl (C=O) groups excluding carboxylic acids is 1. The van der Waals surface area contributed by atoms with Gasteiger partial charge in [-0.05, 0) is 13.3 Å². The van der Waals surface area contributed by atoms with Gasteiger partial charge in [0.15, 0.2) is 0 Å². The Morgan fingerprint density at radius 3 is 2.77 bits per heavy atom. The monoisotopic (exact) mass is 181 g/mol. The molecule has 0 amide bonds. The number of nitrogens with zero attached hydrogens (tertiary/aromatic N) is 3. The minimum absolute atomic E-state index is 0.211. The van der Waals surface area contributed by atoms with Crippen molar-refractivity contribution in [3.05, 3.63) is 12.7 Å². The number of aromatic nitrogens is 3. The highest BCUT2D eigenvalue weighted by atomic mass is 16.1. The van der Waals surface area contributed by atoms with Crippen molar-refractivity contribution in [3.63, 3.8) is 0 Å². The smallest absolute Gasteiger partial charge is 0.137 e. The van der Waals surface area contributed by atoms with E-state index in [4.69, 9.17) is 0 Å². The van der Waals surface area contributed by atoms with E-state index in [9.17, 15) is 4.79 Å². The van der Waals surface area contributed by atoms with Crippen LogP contribution in [-0.4, -0.2) is 21.1 Å². The molecule has 0 aromatic carbocycles. The van der Waals surface area contributed by atoms with Gasteiger partial charge < -0.3 is 4.79 Å². The molecule has 0 saturated heterocycles. The maximum absolute atomic E-state index is 10.7. The Morgan fingerprint density at radius 2 is 2.31 bits per heavy atom. The highest BCUT2D eigenvalue weighted by Gasteiger charge is 2.21. The van der Waals surface area contributed by atoms with E-state index in [-0.39, 0.29) is 11.5 Å². The summed E-state index contributed by atoms with van der Waals surface area (Å²) < 4.78 is 1.77. The Morgan fingerprint density at radius 1 is 1.62 bits per heavy atom. The number of hydrogen-bond donors (Lipinski definition) is 0. The lowest BCUT2D eigenvalue weighted by molar-refractivity contribution is -0.115. The third-order valence-electron chi connectivity index (χ3n) is 2.03. The first kappa shape index (κ1) is 9.89. The van der Waals surface area contributed by atoms with Gasteiger partial charge in [0.25, 0.3) is 0 Å². The zero-order chi connectivity index (χ0) is 9.90. The van der Waals surface area contributed by atoms with Crippen molar-refractivity contribution >= 4 is 6.29 Å². The van der Waals surface area contributed by atoms with E-state index in [2.05, 4.69) is 10.1 Å². The van der Waals surface area contributed by atoms with Crippen LogP contribution in [0.5, 0.6) is 0 Å². The van der Waals surface area contributed by atoms with Crippen LogP contribution in [0.1, 0.15) is 33.2 Å². The third-order valence-corrected chi connectivity index (χ3v) is 2.03. The zero-order valence-electron chi connectivity index (χ0n) is 8.27. The van der Waals surface area contributed by atoms with Crippen LogP contribution in [0.3, 0.4) is 0 Å². The van der Waals surface area contributed by atoms with Crippen molar-refractivity contribution in [2.75, 3.05) is 0 Å². The standard InChI is InChI=1S/C9H15N3O/c1-8(4-9(2,3)5-13)12-7-10-6-11-12/h5-8H,4H2,1-3H3. The van der Waals surface area contributed by atoms with Gasteiger partial charge in [0.2, 0.25) is 0 Å². The molecule has 4 nitrogen and oxygen atoms in total. The van der Waals surface area contributed by atoms with Crippen LogP contribution in [0, 0.1) is 5.41 Å². The van der Waals surface area contributed by atoms with Crippen LogP contribution in [0.25, 0.3) is 0 Å². The van der Waals surface area contributed by atoms with Gasteiger partial charge >= 0.3 is 0 Å². The molecule has 1 heterocycles. The summed E-state index contributed by atoms with van der Waals surface area (Å²) in [5.41, 5.74) is -0.286. The Labute approximate surface area is 78.0 Å². The normalized spacial score (nSPS) is 14.1. The number of hydrogen-bond acceptors (Lipinski definition) is 3. The Hall–Kier alpha value is -1.19. The van der Waals surface area contributed by atoms with Crippen molar-refractivity contribution in [1.82, 2.24) is 14.8 Å². The Kier molecular flexibility index (Phi) is 2.80. The van der Waals surface area contributed by atoms with Crippen molar-refractivity contribution in [2.45, 2.75) is 33.2 Å². The number of rotatable bonds is 4. The molecule has 1 aromatic rings. The van der Waals surface area contributed by atoms with Crippen LogP contribution in [0.2, 0.25) is 0 Å². The lowest BCUT2D eigenvalue weighted by Gasteiger charge is -2.21. The Balaban J connectivity index is 2.61. The summed E-state index contributed by atoms with van der Waals surface area (Å²) in [7, 11) is 0. The first-order valence-electron chi connectivity index (χ1n) is 4.35. The van der Waals surface area contributed by atoms with Gasteiger partial charge in [-0.2, -0.15) is 5.10 Å². The quantitative estimate of drug-likeness (QED) is 0.660. The summed E-state index contributed by atoms with van der Waals surface area (Å²) in [6, 6.07) is 0.211. The van der Waals surface area contributed by atoms with Gasteiger partial charge in [-0.3, -0.25) is 4.68 Å². The highest BCUT2D eigenvalue weighted by Crippen LogP contribution is 2.24. The lowest BCUT2D eigenvalue weighted by Crippen LogP contribution is -2.19. The van der Waals surface area contributed by atoms with Crippen molar-refractivity contribution in [3.8, 4) is 0 Å². The van der Waals surface area contributed by atoms with Crippen molar-refractivity contribution in [1.29, 1.82) is 0 Å². The summed E-state index contributed by atoms with van der Waals surface area (Å²) in [5.74, 6) is 0. The van der Waals surface area contributed by atoms with Gasteiger partial charge in [-0.25, -0.2) is 4.98 Å². The predicted molar refractivity (Wildman–Crippen MR) is 49.2 cm³/mol. The van der Waals surface area contributed by atoms with E-state index in [1.54, 1.807) is 11.0 Å². The zero-order valence-corrected chi connectivity index (χ0v) is 8.27. The van der Waals surface area contributed by atoms with E-state index in [0.717, 1.165) is 12.7 Å². The fourth-order valence-corrected chi connectivity index (χ4v) is 1.35. The lowest BCUT2D eigenvalue weighted by atomic mass is 9.88. The average molecular weight is 181 g/mol. The molecule has 0 N–H and O–H groups in total. The molecule has 0 aliphatic rings. The Bertz CT molecular complexity index is 266. The second-order valence-corrected chi connectivity index (χ2v) is 4.04. The summed E-state index contributed by atoms with van der Waals surface area (Å²) in [5, 5.41) is 4.02. The highest BCUT2D eigenvalue weighted by molar-refractivity contribution is 5.57. The summed E-state index contributed by atoms with van der Waals surface area (Å²) in [6.45, 7) is 5.88. The van der Waals surface area contributed by atoms with E-state index in [1.807, 2.05) is 20.8 Å². The summed E-state index contributed by atoms with van der Waals surface area (Å²) >= 11 is 0. The molecule has 1 rings (SSSR count). The van der Waals surface area contributed by atoms with Gasteiger partial charge in [-0.15, -0.1) is 0 Å². The number of aldehydes is 1. The minimum Gasteiger partial charge on any atom is -0.303 e. The first-order valence-corrected chi connectivity index (χ1v) is 4.35. The molecular formula is C9H15N3O. The molecule has 4 heteroatoms. The molecule has 0 saturated carbocycles. The maximum Gasteiger partial charge on any atom is 0.137 e. The van der Waals surface area contributed by atoms with Crippen molar-refractivity contribution < 1.29 is 4.79 Å². The SMILES string of the molecule is CC(CC(C)(C)C=O)n1cncn1. The van der Waals surface area contributed by atoms with Gasteiger partial charge in [0.05, 0.1) is 6.04 Å². The molecule has 0 spiro atoms. The van der Waals surface area contributed by atoms with Crippen LogP contribution in [0.15, 0.2) is 12.7 Å². The topological polar surface area (TPSA) is 47.8 Å². The van der Waals surface area contributed by atoms with Gasteiger partial charge in [0, 0.05) is 5.41 Å². The minimum atomic E-state index is -0.286. The largest absolute Gasteiger partial charge is 0.303 e. The molecular weight excluding hydrogens is 166 g/mol. The van der Waals surface area contributed by atoms with E-state index >= 15 is 0 Å². The molecule has 0 bridgehead atoms. The number of carbonyl (C=O) groups is 1. The van der Waals surface area contributed by atoms with Crippen LogP contribution in [0.4, 0.5) is 0 Å². The molecule has 72 valence electrons. The van der Waals surface area contributed by atoms with Crippen LogP contribution in [-0.2, 0) is 4.79 Å². The van der Waals surface area contributed by atoms with Crippen molar-refractivity contribution in [2.24, 2.45) is 5.41 Å². The molecule has 1 aromatic heterocycles. The molecule has 0 aliphatic carbocycles. The van der Waals surface area contributed by atoms with Crippen LogP contribution < -0.4 is 0 Å². The molecule has 1 unspecified atom stereocenters. The molecule has 0 radical (unpaired) electrons. The second kappa shape index (κ2) is 3.68. The fraction of sp³-hybridized carbons (Fsp3) is 0.667. The molecule has 1 atom stereocenters. The van der Waals surface area contributed by atoms with Gasteiger partial charge in [0.1, 0.15) is 18.9 Å². The second-order valence-electron chi connectivity index (χ2n) is 4.04. The first-order chi connectivity index (χ1) is 6.05. The van der Waals surface area contributed by atoms with E-state index in [1.165, 1.54) is 6.33 Å². The van der Waals surface area contributed by atoms with Crippen LogP contribution >= 0.6 is 0 Å². The molecule has 0 fully saturated rings. The van der Waals surface area contributed by atoms with E-state index < -0.39 is 0 Å². The predicted octanol–water partition coefficient (Wildman–Crippen LogP) is 1.45. The van der Waals surface area contributed by atoms with E-state index in [0.29, 0.717) is 0 Å². The summed E-state index contributed by atoms with van der Waals surface area (Å²) in [4.78, 5) is 14.5. The third kappa shape index (κ3) is 2.65. The maximum atomic E-state index is 10.7.